The number of nitrogens with zero attached hydrogens (tertiary/aromatic N) is 1. The Hall–Kier alpha value is -2.34. The molecular formula is C18H20N2O3S. The highest BCUT2D eigenvalue weighted by molar-refractivity contribution is 7.09. The lowest BCUT2D eigenvalue weighted by Crippen LogP contribution is -2.44. The number of hydrogen-bond donors (Lipinski definition) is 2. The number of carboxylic acids is 1. The molecule has 2 amide bonds. The van der Waals surface area contributed by atoms with E-state index in [1.54, 1.807) is 23.5 Å². The third kappa shape index (κ3) is 3.94. The predicted octanol–water partition coefficient (Wildman–Crippen LogP) is 3.54. The SMILES string of the molecule is O=C(O)c1ccc(C2CCCN(C(=O)NCc3cccs3)C2)cc1. The molecular weight excluding hydrogens is 324 g/mol. The van der Waals surface area contributed by atoms with Crippen molar-refractivity contribution in [2.75, 3.05) is 13.1 Å². The maximum absolute atomic E-state index is 12.4. The first-order chi connectivity index (χ1) is 11.6. The van der Waals surface area contributed by atoms with E-state index < -0.39 is 5.97 Å². The lowest BCUT2D eigenvalue weighted by Gasteiger charge is -2.33. The van der Waals surface area contributed by atoms with E-state index in [1.807, 2.05) is 34.5 Å². The summed E-state index contributed by atoms with van der Waals surface area (Å²) in [6.07, 6.45) is 1.97. The van der Waals surface area contributed by atoms with Crippen LogP contribution in [0.25, 0.3) is 0 Å². The van der Waals surface area contributed by atoms with Gasteiger partial charge in [-0.2, -0.15) is 0 Å². The number of amides is 2. The Morgan fingerprint density at radius 1 is 1.25 bits per heavy atom. The molecule has 1 aromatic carbocycles. The lowest BCUT2D eigenvalue weighted by atomic mass is 9.90. The van der Waals surface area contributed by atoms with Crippen molar-refractivity contribution in [2.24, 2.45) is 0 Å². The van der Waals surface area contributed by atoms with Gasteiger partial charge in [-0.25, -0.2) is 9.59 Å². The van der Waals surface area contributed by atoms with Crippen molar-refractivity contribution in [3.63, 3.8) is 0 Å². The number of likely N-dealkylation sites (tertiary alicyclic amines) is 1. The number of hydrogen-bond acceptors (Lipinski definition) is 3. The van der Waals surface area contributed by atoms with E-state index in [2.05, 4.69) is 5.32 Å². The number of carbonyl (C=O) groups is 2. The van der Waals surface area contributed by atoms with Crippen LogP contribution in [-0.2, 0) is 6.54 Å². The molecule has 1 saturated heterocycles. The second-order valence-electron chi connectivity index (χ2n) is 5.95. The highest BCUT2D eigenvalue weighted by Crippen LogP contribution is 2.27. The molecule has 5 nitrogen and oxygen atoms in total. The molecule has 3 rings (SSSR count). The van der Waals surface area contributed by atoms with Crippen LogP contribution in [0.4, 0.5) is 4.79 Å². The Kier molecular flexibility index (Phi) is 5.15. The topological polar surface area (TPSA) is 69.6 Å². The van der Waals surface area contributed by atoms with E-state index in [0.29, 0.717) is 18.7 Å². The van der Waals surface area contributed by atoms with E-state index >= 15 is 0 Å². The number of aromatic carboxylic acids is 1. The van der Waals surface area contributed by atoms with Crippen molar-refractivity contribution in [1.82, 2.24) is 10.2 Å². The Bertz CT molecular complexity index is 698. The van der Waals surface area contributed by atoms with Crippen molar-refractivity contribution in [1.29, 1.82) is 0 Å². The average molecular weight is 344 g/mol. The zero-order valence-electron chi connectivity index (χ0n) is 13.3. The van der Waals surface area contributed by atoms with E-state index in [4.69, 9.17) is 5.11 Å². The molecule has 2 N–H and O–H groups in total. The van der Waals surface area contributed by atoms with Crippen LogP contribution in [0.2, 0.25) is 0 Å². The number of carbonyl (C=O) groups excluding carboxylic acids is 1. The van der Waals surface area contributed by atoms with Crippen LogP contribution in [0, 0.1) is 0 Å². The standard InChI is InChI=1S/C18H20N2O3S/c21-17(22)14-7-5-13(6-8-14)15-3-1-9-20(12-15)18(23)19-11-16-4-2-10-24-16/h2,4-8,10,15H,1,3,9,11-12H2,(H,19,23)(H,21,22). The van der Waals surface area contributed by atoms with E-state index in [-0.39, 0.29) is 11.9 Å². The number of carboxylic acid groups (broad SMARTS) is 1. The summed E-state index contributed by atoms with van der Waals surface area (Å²) in [6.45, 7) is 1.99. The van der Waals surface area contributed by atoms with E-state index in [1.165, 1.54) is 0 Å². The van der Waals surface area contributed by atoms with Gasteiger partial charge in [0.2, 0.25) is 0 Å². The van der Waals surface area contributed by atoms with Gasteiger partial charge in [-0.1, -0.05) is 18.2 Å². The molecule has 1 unspecified atom stereocenters. The van der Waals surface area contributed by atoms with Crippen LogP contribution < -0.4 is 5.32 Å². The molecule has 2 heterocycles. The van der Waals surface area contributed by atoms with Gasteiger partial charge in [0.05, 0.1) is 12.1 Å². The normalized spacial score (nSPS) is 17.5. The summed E-state index contributed by atoms with van der Waals surface area (Å²) in [6, 6.07) is 10.9. The van der Waals surface area contributed by atoms with Gasteiger partial charge in [0.1, 0.15) is 0 Å². The highest BCUT2D eigenvalue weighted by Gasteiger charge is 2.24. The zero-order valence-corrected chi connectivity index (χ0v) is 14.1. The fraction of sp³-hybridized carbons (Fsp3) is 0.333. The Balaban J connectivity index is 1.59. The molecule has 1 aliphatic heterocycles. The van der Waals surface area contributed by atoms with Gasteiger partial charge in [0.15, 0.2) is 0 Å². The third-order valence-electron chi connectivity index (χ3n) is 4.33. The molecule has 0 aliphatic carbocycles. The minimum atomic E-state index is -0.917. The van der Waals surface area contributed by atoms with E-state index in [9.17, 15) is 9.59 Å². The predicted molar refractivity (Wildman–Crippen MR) is 93.5 cm³/mol. The van der Waals surface area contributed by atoms with Crippen LogP contribution in [0.1, 0.15) is 39.6 Å². The first-order valence-electron chi connectivity index (χ1n) is 8.02. The molecule has 24 heavy (non-hydrogen) atoms. The molecule has 1 aromatic heterocycles. The van der Waals surface area contributed by atoms with Crippen LogP contribution in [0.5, 0.6) is 0 Å². The molecule has 126 valence electrons. The smallest absolute Gasteiger partial charge is 0.335 e. The van der Waals surface area contributed by atoms with Crippen LogP contribution in [0.15, 0.2) is 41.8 Å². The average Bonchev–Trinajstić information content (AvgIpc) is 3.13. The second-order valence-corrected chi connectivity index (χ2v) is 6.98. The number of benzene rings is 1. The molecule has 1 atom stereocenters. The number of nitrogens with one attached hydrogen (secondary N) is 1. The first kappa shape index (κ1) is 16.5. The summed E-state index contributed by atoms with van der Waals surface area (Å²) in [5, 5.41) is 13.9. The molecule has 2 aromatic rings. The van der Waals surface area contributed by atoms with Gasteiger partial charge in [-0.3, -0.25) is 0 Å². The molecule has 0 spiro atoms. The maximum Gasteiger partial charge on any atom is 0.335 e. The monoisotopic (exact) mass is 344 g/mol. The van der Waals surface area contributed by atoms with Crippen molar-refractivity contribution < 1.29 is 14.7 Å². The summed E-state index contributed by atoms with van der Waals surface area (Å²) in [5.74, 6) is -0.658. The van der Waals surface area contributed by atoms with Crippen molar-refractivity contribution >= 4 is 23.3 Å². The quantitative estimate of drug-likeness (QED) is 0.891. The second kappa shape index (κ2) is 7.49. The van der Waals surface area contributed by atoms with Gasteiger partial charge in [0, 0.05) is 23.9 Å². The largest absolute Gasteiger partial charge is 0.478 e. The van der Waals surface area contributed by atoms with Crippen LogP contribution in [0.3, 0.4) is 0 Å². The molecule has 1 fully saturated rings. The molecule has 0 radical (unpaired) electrons. The van der Waals surface area contributed by atoms with Gasteiger partial charge < -0.3 is 15.3 Å². The summed E-state index contributed by atoms with van der Waals surface area (Å²) < 4.78 is 0. The first-order valence-corrected chi connectivity index (χ1v) is 8.90. The lowest BCUT2D eigenvalue weighted by molar-refractivity contribution is 0.0697. The summed E-state index contributed by atoms with van der Waals surface area (Å²) in [7, 11) is 0. The van der Waals surface area contributed by atoms with Gasteiger partial charge in [0.25, 0.3) is 0 Å². The molecule has 6 heteroatoms. The molecule has 1 aliphatic rings. The van der Waals surface area contributed by atoms with Crippen LogP contribution in [-0.4, -0.2) is 35.1 Å². The number of rotatable bonds is 4. The third-order valence-corrected chi connectivity index (χ3v) is 5.21. The Morgan fingerprint density at radius 3 is 2.71 bits per heavy atom. The minimum absolute atomic E-state index is 0.0322. The van der Waals surface area contributed by atoms with Crippen LogP contribution >= 0.6 is 11.3 Å². The number of thiophene rings is 1. The number of urea groups is 1. The van der Waals surface area contributed by atoms with Crippen molar-refractivity contribution in [3.05, 3.63) is 57.8 Å². The highest BCUT2D eigenvalue weighted by atomic mass is 32.1. The Labute approximate surface area is 144 Å². The zero-order chi connectivity index (χ0) is 16.9. The van der Waals surface area contributed by atoms with Gasteiger partial charge in [-0.05, 0) is 42.0 Å². The van der Waals surface area contributed by atoms with Gasteiger partial charge in [-0.15, -0.1) is 11.3 Å². The Morgan fingerprint density at radius 2 is 2.04 bits per heavy atom. The summed E-state index contributed by atoms with van der Waals surface area (Å²) in [5.41, 5.74) is 1.39. The summed E-state index contributed by atoms with van der Waals surface area (Å²) in [4.78, 5) is 26.3. The molecule has 0 saturated carbocycles. The molecule has 0 bridgehead atoms. The van der Waals surface area contributed by atoms with Crippen molar-refractivity contribution in [2.45, 2.75) is 25.3 Å². The minimum Gasteiger partial charge on any atom is -0.478 e. The fourth-order valence-electron chi connectivity index (χ4n) is 3.02. The summed E-state index contributed by atoms with van der Waals surface area (Å²) >= 11 is 1.63. The fourth-order valence-corrected chi connectivity index (χ4v) is 3.66. The van der Waals surface area contributed by atoms with Crippen molar-refractivity contribution in [3.8, 4) is 0 Å². The maximum atomic E-state index is 12.4. The van der Waals surface area contributed by atoms with Gasteiger partial charge >= 0.3 is 12.0 Å². The number of piperidine rings is 1. The van der Waals surface area contributed by atoms with E-state index in [0.717, 1.165) is 29.8 Å².